The van der Waals surface area contributed by atoms with Crippen LogP contribution in [-0.4, -0.2) is 23.2 Å². The Morgan fingerprint density at radius 2 is 1.80 bits per heavy atom. The minimum Gasteiger partial charge on any atom is -0.507 e. The van der Waals surface area contributed by atoms with Gasteiger partial charge in [-0.3, -0.25) is 4.79 Å². The van der Waals surface area contributed by atoms with Crippen LogP contribution in [0.15, 0.2) is 69.9 Å². The van der Waals surface area contributed by atoms with Gasteiger partial charge in [0.2, 0.25) is 5.43 Å². The van der Waals surface area contributed by atoms with E-state index in [0.29, 0.717) is 11.0 Å². The number of benzene rings is 3. The number of ether oxygens (including phenoxy) is 2. The van der Waals surface area contributed by atoms with E-state index in [1.807, 2.05) is 30.3 Å². The number of hydrogen-bond donors (Lipinski definition) is 2. The van der Waals surface area contributed by atoms with E-state index in [9.17, 15) is 19.5 Å². The molecule has 0 unspecified atom stereocenters. The van der Waals surface area contributed by atoms with Gasteiger partial charge in [0.05, 0.1) is 5.39 Å². The summed E-state index contributed by atoms with van der Waals surface area (Å²) in [6.45, 7) is 5.35. The molecule has 0 bridgehead atoms. The molecule has 0 saturated carbocycles. The lowest BCUT2D eigenvalue weighted by atomic mass is 10.1. The summed E-state index contributed by atoms with van der Waals surface area (Å²) >= 11 is 0. The van der Waals surface area contributed by atoms with Crippen molar-refractivity contribution < 1.29 is 28.6 Å². The minimum absolute atomic E-state index is 0.00840. The Bertz CT molecular complexity index is 1460. The van der Waals surface area contributed by atoms with Crippen molar-refractivity contribution in [3.63, 3.8) is 0 Å². The maximum Gasteiger partial charge on any atom is 0.408 e. The van der Waals surface area contributed by atoms with Crippen LogP contribution in [0.25, 0.3) is 21.9 Å². The maximum absolute atomic E-state index is 12.9. The molecule has 4 rings (SSSR count). The Morgan fingerprint density at radius 3 is 2.51 bits per heavy atom. The highest BCUT2D eigenvalue weighted by molar-refractivity contribution is 5.95. The second-order valence-electron chi connectivity index (χ2n) is 8.55. The summed E-state index contributed by atoms with van der Waals surface area (Å²) in [7, 11) is 0. The molecule has 0 aliphatic heterocycles. The summed E-state index contributed by atoms with van der Waals surface area (Å²) in [4.78, 5) is 38.0. The lowest BCUT2D eigenvalue weighted by molar-refractivity contribution is -0.137. The van der Waals surface area contributed by atoms with Crippen LogP contribution in [0.4, 0.5) is 4.79 Å². The summed E-state index contributed by atoms with van der Waals surface area (Å²) in [5, 5.41) is 13.4. The summed E-state index contributed by atoms with van der Waals surface area (Å²) in [6.07, 6.45) is -0.765. The van der Waals surface area contributed by atoms with Gasteiger partial charge in [-0.25, -0.2) is 9.59 Å². The molecular weight excluding hydrogens is 450 g/mol. The first kappa shape index (κ1) is 23.8. The van der Waals surface area contributed by atoms with Crippen LogP contribution in [-0.2, 0) is 16.1 Å². The topological polar surface area (TPSA) is 115 Å². The van der Waals surface area contributed by atoms with Crippen LogP contribution in [0.1, 0.15) is 25.0 Å². The smallest absolute Gasteiger partial charge is 0.408 e. The number of carbonyl (C=O) groups is 2. The summed E-state index contributed by atoms with van der Waals surface area (Å²) < 4.78 is 16.5. The van der Waals surface area contributed by atoms with Crippen LogP contribution < -0.4 is 15.5 Å². The van der Waals surface area contributed by atoms with Gasteiger partial charge in [-0.15, -0.1) is 0 Å². The standard InChI is InChI=1S/C27H25NO7/c1-15(2)23(28-27(32)33-14-17-9-5-4-6-10-17)26(31)34-18-12-20(29)22-21(13-18)35-25-16(3)8-7-11-19(25)24(22)30/h4-13,15,23,29H,14H2,1-3H3,(H,28,32)/t23-/m0/s1. The Morgan fingerprint density at radius 1 is 1.06 bits per heavy atom. The molecule has 2 N–H and O–H groups in total. The molecule has 0 fully saturated rings. The third-order valence-corrected chi connectivity index (χ3v) is 5.58. The van der Waals surface area contributed by atoms with Crippen LogP contribution in [0.3, 0.4) is 0 Å². The third-order valence-electron chi connectivity index (χ3n) is 5.58. The zero-order valence-corrected chi connectivity index (χ0v) is 19.5. The Balaban J connectivity index is 1.54. The average molecular weight is 475 g/mol. The van der Waals surface area contributed by atoms with Crippen LogP contribution in [0, 0.1) is 12.8 Å². The Hall–Kier alpha value is -4.33. The molecule has 8 heteroatoms. The molecular formula is C27H25NO7. The van der Waals surface area contributed by atoms with Crippen molar-refractivity contribution in [1.82, 2.24) is 5.32 Å². The monoisotopic (exact) mass is 475 g/mol. The summed E-state index contributed by atoms with van der Waals surface area (Å²) in [6, 6.07) is 15.8. The van der Waals surface area contributed by atoms with E-state index in [1.54, 1.807) is 39.0 Å². The molecule has 4 aromatic rings. The first-order valence-electron chi connectivity index (χ1n) is 11.1. The first-order valence-corrected chi connectivity index (χ1v) is 11.1. The fraction of sp³-hybridized carbons (Fsp3) is 0.222. The van der Waals surface area contributed by atoms with Crippen LogP contribution >= 0.6 is 0 Å². The largest absolute Gasteiger partial charge is 0.507 e. The molecule has 35 heavy (non-hydrogen) atoms. The average Bonchev–Trinajstić information content (AvgIpc) is 2.82. The van der Waals surface area contributed by atoms with Gasteiger partial charge in [0.25, 0.3) is 0 Å². The number of amides is 1. The molecule has 1 aromatic heterocycles. The molecule has 0 saturated heterocycles. The van der Waals surface area contributed by atoms with E-state index in [4.69, 9.17) is 13.9 Å². The van der Waals surface area contributed by atoms with E-state index in [1.165, 1.54) is 12.1 Å². The zero-order valence-electron chi connectivity index (χ0n) is 19.5. The van der Waals surface area contributed by atoms with E-state index in [0.717, 1.165) is 11.1 Å². The second-order valence-corrected chi connectivity index (χ2v) is 8.55. The minimum atomic E-state index is -1.01. The van der Waals surface area contributed by atoms with Gasteiger partial charge in [0, 0.05) is 12.1 Å². The van der Waals surface area contributed by atoms with Gasteiger partial charge >= 0.3 is 12.1 Å². The van der Waals surface area contributed by atoms with Crippen molar-refractivity contribution in [2.75, 3.05) is 0 Å². The SMILES string of the molecule is Cc1cccc2c(=O)c3c(O)cc(OC(=O)[C@@H](NC(=O)OCc4ccccc4)C(C)C)cc3oc12. The number of esters is 1. The molecule has 1 atom stereocenters. The number of fused-ring (bicyclic) bond motifs is 2. The highest BCUT2D eigenvalue weighted by Crippen LogP contribution is 2.31. The predicted octanol–water partition coefficient (Wildman–Crippen LogP) is 4.82. The molecule has 0 aliphatic rings. The van der Waals surface area contributed by atoms with Crippen LogP contribution in [0.5, 0.6) is 11.5 Å². The van der Waals surface area contributed by atoms with Crippen LogP contribution in [0.2, 0.25) is 0 Å². The lowest BCUT2D eigenvalue weighted by Gasteiger charge is -2.20. The number of aryl methyl sites for hydroxylation is 1. The lowest BCUT2D eigenvalue weighted by Crippen LogP contribution is -2.46. The van der Waals surface area contributed by atoms with Crippen molar-refractivity contribution in [3.05, 3.63) is 82.0 Å². The number of phenols is 1. The highest BCUT2D eigenvalue weighted by Gasteiger charge is 2.27. The Kier molecular flexibility index (Phi) is 6.73. The number of hydrogen-bond acceptors (Lipinski definition) is 7. The second kappa shape index (κ2) is 9.89. The van der Waals surface area contributed by atoms with Gasteiger partial charge in [-0.05, 0) is 30.0 Å². The quantitative estimate of drug-likeness (QED) is 0.233. The predicted molar refractivity (Wildman–Crippen MR) is 130 cm³/mol. The van der Waals surface area contributed by atoms with Gasteiger partial charge in [-0.1, -0.05) is 56.3 Å². The molecule has 1 heterocycles. The van der Waals surface area contributed by atoms with Crippen molar-refractivity contribution in [2.24, 2.45) is 5.92 Å². The number of carbonyl (C=O) groups excluding carboxylic acids is 2. The molecule has 0 spiro atoms. The van der Waals surface area contributed by atoms with Crippen molar-refractivity contribution in [1.29, 1.82) is 0 Å². The van der Waals surface area contributed by atoms with Crippen molar-refractivity contribution in [2.45, 2.75) is 33.4 Å². The number of nitrogens with one attached hydrogen (secondary N) is 1. The van der Waals surface area contributed by atoms with Gasteiger partial charge in [0.15, 0.2) is 0 Å². The molecule has 0 aliphatic carbocycles. The van der Waals surface area contributed by atoms with Crippen molar-refractivity contribution >= 4 is 34.0 Å². The number of aromatic hydroxyl groups is 1. The van der Waals surface area contributed by atoms with Gasteiger partial charge < -0.3 is 24.3 Å². The third kappa shape index (κ3) is 5.11. The summed E-state index contributed by atoms with van der Waals surface area (Å²) in [5.74, 6) is -1.47. The zero-order chi connectivity index (χ0) is 25.1. The van der Waals surface area contributed by atoms with Crippen molar-refractivity contribution in [3.8, 4) is 11.5 Å². The van der Waals surface area contributed by atoms with E-state index in [2.05, 4.69) is 5.32 Å². The number of alkyl carbamates (subject to hydrolysis) is 1. The maximum atomic E-state index is 12.9. The number of phenolic OH excluding ortho intramolecular Hbond substituents is 1. The highest BCUT2D eigenvalue weighted by atomic mass is 16.6. The number of rotatable bonds is 6. The van der Waals surface area contributed by atoms with Gasteiger partial charge in [-0.2, -0.15) is 0 Å². The molecule has 0 radical (unpaired) electrons. The fourth-order valence-corrected chi connectivity index (χ4v) is 3.72. The number of para-hydroxylation sites is 1. The first-order chi connectivity index (χ1) is 16.7. The molecule has 8 nitrogen and oxygen atoms in total. The van der Waals surface area contributed by atoms with E-state index < -0.39 is 18.1 Å². The fourth-order valence-electron chi connectivity index (χ4n) is 3.72. The van der Waals surface area contributed by atoms with E-state index >= 15 is 0 Å². The molecule has 1 amide bonds. The molecule has 3 aromatic carbocycles. The normalized spacial score (nSPS) is 12.0. The van der Waals surface area contributed by atoms with Gasteiger partial charge in [0.1, 0.15) is 40.7 Å². The Labute approximate surface area is 201 Å². The summed E-state index contributed by atoms with van der Waals surface area (Å²) in [5.41, 5.74) is 1.64. The van der Waals surface area contributed by atoms with E-state index in [-0.39, 0.29) is 40.4 Å². The molecule has 180 valence electrons.